The van der Waals surface area contributed by atoms with E-state index in [0.29, 0.717) is 98.1 Å². The number of carbonyl (C=O) groups is 5. The lowest BCUT2D eigenvalue weighted by molar-refractivity contribution is -0.136. The van der Waals surface area contributed by atoms with Crippen molar-refractivity contribution < 1.29 is 57.1 Å². The van der Waals surface area contributed by atoms with Gasteiger partial charge in [-0.3, -0.25) is 29.4 Å². The fourth-order valence-electron chi connectivity index (χ4n) is 7.00. The van der Waals surface area contributed by atoms with Crippen molar-refractivity contribution in [2.24, 2.45) is 0 Å². The van der Waals surface area contributed by atoms with Gasteiger partial charge in [0.05, 0.1) is 90.4 Å². The Kier molecular flexibility index (Phi) is 16.1. The van der Waals surface area contributed by atoms with E-state index in [-0.39, 0.29) is 36.5 Å². The van der Waals surface area contributed by atoms with Crippen molar-refractivity contribution in [1.82, 2.24) is 15.5 Å². The molecule has 16 nitrogen and oxygen atoms in total. The fraction of sp³-hybridized carbons (Fsp3) is 0.452. The van der Waals surface area contributed by atoms with E-state index in [1.54, 1.807) is 18.2 Å². The summed E-state index contributed by atoms with van der Waals surface area (Å²) in [7, 11) is 0. The smallest absolute Gasteiger partial charge is 0.407 e. The summed E-state index contributed by atoms with van der Waals surface area (Å²) in [6.07, 6.45) is -0.309. The predicted molar refractivity (Wildman–Crippen MR) is 210 cm³/mol. The number of carbonyl (C=O) groups excluding carboxylic acids is 5. The SMILES string of the molecule is O=C1CCC(N2C(=O)c3cccc(NCCOCCOCCOCCOCCOCCOCCNC(=O)OCC4c5ccccc5-c5ccccc54)c3C2=O)C(=O)N1. The first-order chi connectivity index (χ1) is 28.4. The molecule has 1 aliphatic carbocycles. The van der Waals surface area contributed by atoms with Gasteiger partial charge < -0.3 is 43.8 Å². The van der Waals surface area contributed by atoms with E-state index >= 15 is 0 Å². The summed E-state index contributed by atoms with van der Waals surface area (Å²) in [5.41, 5.74) is 5.61. The molecule has 3 aliphatic rings. The Morgan fingerprint density at radius 1 is 0.621 bits per heavy atom. The lowest BCUT2D eigenvalue weighted by atomic mass is 9.98. The van der Waals surface area contributed by atoms with Crippen molar-refractivity contribution in [2.75, 3.05) is 104 Å². The third-order valence-corrected chi connectivity index (χ3v) is 9.75. The molecule has 0 bridgehead atoms. The number of benzene rings is 3. The van der Waals surface area contributed by atoms with E-state index < -0.39 is 35.8 Å². The van der Waals surface area contributed by atoms with Crippen molar-refractivity contribution in [3.8, 4) is 11.1 Å². The highest BCUT2D eigenvalue weighted by atomic mass is 16.6. The standard InChI is InChI=1S/C42H50N4O12/c47-37-13-12-36(39(48)45-37)46-40(49)33-10-5-11-35(38(33)41(46)50)43-14-16-52-18-20-54-22-24-56-26-27-57-25-23-55-21-19-53-17-15-44-42(51)58-28-34-31-8-3-1-6-29(31)30-7-2-4-9-32(30)34/h1-11,34,36,43H,12-28H2,(H,44,51)(H,45,47,48). The maximum Gasteiger partial charge on any atom is 0.407 e. The second-order valence-corrected chi connectivity index (χ2v) is 13.5. The lowest BCUT2D eigenvalue weighted by Crippen LogP contribution is -2.54. The van der Waals surface area contributed by atoms with Gasteiger partial charge in [-0.25, -0.2) is 4.79 Å². The molecule has 0 aromatic heterocycles. The first-order valence-electron chi connectivity index (χ1n) is 19.6. The Bertz CT molecular complexity index is 1840. The Morgan fingerprint density at radius 2 is 1.14 bits per heavy atom. The van der Waals surface area contributed by atoms with Gasteiger partial charge in [-0.2, -0.15) is 0 Å². The summed E-state index contributed by atoms with van der Waals surface area (Å²) < 4.78 is 38.7. The zero-order valence-corrected chi connectivity index (χ0v) is 32.4. The number of hydrogen-bond donors (Lipinski definition) is 3. The summed E-state index contributed by atoms with van der Waals surface area (Å²) in [5, 5.41) is 8.06. The van der Waals surface area contributed by atoms with Crippen LogP contribution in [0.2, 0.25) is 0 Å². The van der Waals surface area contributed by atoms with Crippen molar-refractivity contribution in [1.29, 1.82) is 0 Å². The maximum atomic E-state index is 13.2. The third kappa shape index (κ3) is 11.2. The highest BCUT2D eigenvalue weighted by Gasteiger charge is 2.45. The molecule has 6 rings (SSSR count). The zero-order valence-electron chi connectivity index (χ0n) is 32.4. The van der Waals surface area contributed by atoms with Gasteiger partial charge in [0, 0.05) is 31.1 Å². The molecule has 1 atom stereocenters. The molecule has 16 heteroatoms. The average Bonchev–Trinajstić information content (AvgIpc) is 3.69. The van der Waals surface area contributed by atoms with Crippen LogP contribution < -0.4 is 16.0 Å². The maximum absolute atomic E-state index is 13.2. The van der Waals surface area contributed by atoms with E-state index in [1.807, 2.05) is 24.3 Å². The minimum atomic E-state index is -1.02. The summed E-state index contributed by atoms with van der Waals surface area (Å²) in [6.45, 7) is 5.73. The van der Waals surface area contributed by atoms with Crippen LogP contribution in [0.25, 0.3) is 11.1 Å². The van der Waals surface area contributed by atoms with Crippen LogP contribution in [0.5, 0.6) is 0 Å². The molecule has 1 saturated heterocycles. The van der Waals surface area contributed by atoms with Crippen molar-refractivity contribution in [3.63, 3.8) is 0 Å². The van der Waals surface area contributed by atoms with Gasteiger partial charge in [-0.1, -0.05) is 54.6 Å². The predicted octanol–water partition coefficient (Wildman–Crippen LogP) is 3.14. The average molecular weight is 803 g/mol. The van der Waals surface area contributed by atoms with Crippen LogP contribution >= 0.6 is 0 Å². The second kappa shape index (κ2) is 22.1. The molecule has 1 unspecified atom stereocenters. The highest BCUT2D eigenvalue weighted by molar-refractivity contribution is 6.25. The normalized spacial score (nSPS) is 15.9. The quantitative estimate of drug-likeness (QED) is 0.0838. The third-order valence-electron chi connectivity index (χ3n) is 9.75. The first kappa shape index (κ1) is 42.4. The van der Waals surface area contributed by atoms with Crippen LogP contribution in [0.15, 0.2) is 66.7 Å². The number of nitrogens with one attached hydrogen (secondary N) is 3. The number of piperidine rings is 1. The number of rotatable bonds is 25. The van der Waals surface area contributed by atoms with Gasteiger partial charge in [-0.15, -0.1) is 0 Å². The molecule has 3 N–H and O–H groups in total. The zero-order chi connectivity index (χ0) is 40.5. The molecule has 58 heavy (non-hydrogen) atoms. The van der Waals surface area contributed by atoms with Crippen LogP contribution in [0.1, 0.15) is 50.6 Å². The minimum absolute atomic E-state index is 0.0196. The van der Waals surface area contributed by atoms with Gasteiger partial charge in [0.2, 0.25) is 11.8 Å². The van der Waals surface area contributed by atoms with Crippen LogP contribution in [0, 0.1) is 0 Å². The summed E-state index contributed by atoms with van der Waals surface area (Å²) >= 11 is 0. The Morgan fingerprint density at radius 3 is 1.71 bits per heavy atom. The number of anilines is 1. The fourth-order valence-corrected chi connectivity index (χ4v) is 7.00. The van der Waals surface area contributed by atoms with Crippen LogP contribution in [0.3, 0.4) is 0 Å². The van der Waals surface area contributed by atoms with E-state index in [1.165, 1.54) is 22.3 Å². The number of ether oxygens (including phenoxy) is 7. The summed E-state index contributed by atoms with van der Waals surface area (Å²) in [5.74, 6) is -2.16. The molecule has 3 aromatic carbocycles. The van der Waals surface area contributed by atoms with Crippen LogP contribution in [0.4, 0.5) is 10.5 Å². The van der Waals surface area contributed by atoms with Crippen LogP contribution in [-0.2, 0) is 42.7 Å². The monoisotopic (exact) mass is 802 g/mol. The van der Waals surface area contributed by atoms with E-state index in [2.05, 4.69) is 40.2 Å². The Balaban J connectivity index is 0.688. The molecule has 2 aliphatic heterocycles. The van der Waals surface area contributed by atoms with Crippen molar-refractivity contribution in [3.05, 3.63) is 89.0 Å². The van der Waals surface area contributed by atoms with Gasteiger partial charge in [0.15, 0.2) is 0 Å². The number of fused-ring (bicyclic) bond motifs is 4. The van der Waals surface area contributed by atoms with Crippen LogP contribution in [-0.4, -0.2) is 140 Å². The number of alkyl carbamates (subject to hydrolysis) is 1. The topological polar surface area (TPSA) is 189 Å². The summed E-state index contributed by atoms with van der Waals surface area (Å²) in [4.78, 5) is 63.2. The van der Waals surface area contributed by atoms with Gasteiger partial charge >= 0.3 is 6.09 Å². The molecule has 5 amide bonds. The Labute approximate surface area is 336 Å². The molecule has 2 heterocycles. The number of nitrogens with zero attached hydrogens (tertiary/aromatic N) is 1. The Hall–Kier alpha value is -5.23. The number of imide groups is 2. The minimum Gasteiger partial charge on any atom is -0.449 e. The van der Waals surface area contributed by atoms with Gasteiger partial charge in [0.25, 0.3) is 11.8 Å². The second-order valence-electron chi connectivity index (χ2n) is 13.5. The van der Waals surface area contributed by atoms with Gasteiger partial charge in [0.1, 0.15) is 12.6 Å². The molecule has 310 valence electrons. The molecular weight excluding hydrogens is 752 g/mol. The summed E-state index contributed by atoms with van der Waals surface area (Å²) in [6, 6.07) is 20.3. The molecule has 0 saturated carbocycles. The lowest BCUT2D eigenvalue weighted by Gasteiger charge is -2.27. The van der Waals surface area contributed by atoms with Gasteiger partial charge in [-0.05, 0) is 40.8 Å². The molecule has 3 aromatic rings. The van der Waals surface area contributed by atoms with E-state index in [0.717, 1.165) is 4.90 Å². The largest absolute Gasteiger partial charge is 0.449 e. The molecule has 0 spiro atoms. The van der Waals surface area contributed by atoms with E-state index in [4.69, 9.17) is 33.2 Å². The van der Waals surface area contributed by atoms with Crippen molar-refractivity contribution in [2.45, 2.75) is 24.8 Å². The number of amides is 5. The molecule has 0 radical (unpaired) electrons. The molecule has 1 fully saturated rings. The first-order valence-corrected chi connectivity index (χ1v) is 19.6. The highest BCUT2D eigenvalue weighted by Crippen LogP contribution is 2.44. The molecular formula is C42H50N4O12. The van der Waals surface area contributed by atoms with E-state index in [9.17, 15) is 24.0 Å². The number of hydrogen-bond acceptors (Lipinski definition) is 13. The van der Waals surface area contributed by atoms with Crippen molar-refractivity contribution >= 4 is 35.4 Å².